The van der Waals surface area contributed by atoms with Crippen molar-refractivity contribution >= 4 is 40.0 Å². The van der Waals surface area contributed by atoms with E-state index >= 15 is 0 Å². The number of hydrogen-bond acceptors (Lipinski definition) is 5. The maximum absolute atomic E-state index is 13.2. The first-order valence-corrected chi connectivity index (χ1v) is 11.5. The second-order valence-corrected chi connectivity index (χ2v) is 8.86. The minimum Gasteiger partial charge on any atom is -0.484 e. The van der Waals surface area contributed by atoms with E-state index in [1.165, 1.54) is 0 Å². The standard InChI is InChI=1S/C24H28Cl2N4O3/c1-5-29-23(27-21-14-18(26)8-11-20(21)24(29)32)16(2)30(13-12-28(3)4)22(31)15-33-19-9-6-17(25)7-10-19/h6-11,14,16H,5,12-13,15H2,1-4H3. The summed E-state index contributed by atoms with van der Waals surface area (Å²) in [6.45, 7) is 5.14. The van der Waals surface area contributed by atoms with E-state index in [4.69, 9.17) is 32.9 Å². The van der Waals surface area contributed by atoms with E-state index < -0.39 is 6.04 Å². The van der Waals surface area contributed by atoms with Crippen LogP contribution in [0.25, 0.3) is 10.9 Å². The van der Waals surface area contributed by atoms with Crippen LogP contribution >= 0.6 is 23.2 Å². The van der Waals surface area contributed by atoms with Crippen molar-refractivity contribution in [3.63, 3.8) is 0 Å². The molecule has 0 aliphatic heterocycles. The van der Waals surface area contributed by atoms with Gasteiger partial charge >= 0.3 is 0 Å². The number of hydrogen-bond donors (Lipinski definition) is 0. The van der Waals surface area contributed by atoms with Gasteiger partial charge in [-0.1, -0.05) is 23.2 Å². The molecule has 1 heterocycles. The van der Waals surface area contributed by atoms with Gasteiger partial charge < -0.3 is 14.5 Å². The van der Waals surface area contributed by atoms with Crippen LogP contribution in [0, 0.1) is 0 Å². The van der Waals surface area contributed by atoms with Crippen LogP contribution < -0.4 is 10.3 Å². The molecule has 1 atom stereocenters. The molecule has 0 fully saturated rings. The molecule has 3 rings (SSSR count). The summed E-state index contributed by atoms with van der Waals surface area (Å²) in [5.74, 6) is 0.857. The summed E-state index contributed by atoms with van der Waals surface area (Å²) in [6.07, 6.45) is 0. The van der Waals surface area contributed by atoms with E-state index in [-0.39, 0.29) is 18.1 Å². The van der Waals surface area contributed by atoms with Crippen molar-refractivity contribution < 1.29 is 9.53 Å². The number of aromatic nitrogens is 2. The van der Waals surface area contributed by atoms with Crippen molar-refractivity contribution in [2.45, 2.75) is 26.4 Å². The maximum Gasteiger partial charge on any atom is 0.261 e. The van der Waals surface area contributed by atoms with E-state index in [2.05, 4.69) is 0 Å². The highest BCUT2D eigenvalue weighted by Crippen LogP contribution is 2.23. The highest BCUT2D eigenvalue weighted by molar-refractivity contribution is 6.31. The molecule has 0 radical (unpaired) electrons. The number of halogens is 2. The molecule has 0 saturated heterocycles. The summed E-state index contributed by atoms with van der Waals surface area (Å²) in [5, 5.41) is 1.59. The van der Waals surface area contributed by atoms with Crippen molar-refractivity contribution in [2.75, 3.05) is 33.8 Å². The Kier molecular flexibility index (Phi) is 8.35. The zero-order valence-corrected chi connectivity index (χ0v) is 20.7. The van der Waals surface area contributed by atoms with Gasteiger partial charge in [-0.15, -0.1) is 0 Å². The van der Waals surface area contributed by atoms with Crippen LogP contribution in [0.1, 0.15) is 25.7 Å². The molecule has 1 amide bonds. The van der Waals surface area contributed by atoms with Crippen LogP contribution in [-0.2, 0) is 11.3 Å². The van der Waals surface area contributed by atoms with Gasteiger partial charge in [-0.05, 0) is 70.4 Å². The lowest BCUT2D eigenvalue weighted by Gasteiger charge is -2.31. The Labute approximate surface area is 203 Å². The van der Waals surface area contributed by atoms with Crippen molar-refractivity contribution in [3.8, 4) is 5.75 Å². The smallest absolute Gasteiger partial charge is 0.261 e. The average molecular weight is 491 g/mol. The molecule has 7 nitrogen and oxygen atoms in total. The molecule has 33 heavy (non-hydrogen) atoms. The van der Waals surface area contributed by atoms with Gasteiger partial charge in [0.05, 0.1) is 16.9 Å². The Bertz CT molecular complexity index is 1180. The molecule has 0 saturated carbocycles. The summed E-state index contributed by atoms with van der Waals surface area (Å²) in [6, 6.07) is 11.4. The van der Waals surface area contributed by atoms with Crippen LogP contribution in [0.2, 0.25) is 10.0 Å². The van der Waals surface area contributed by atoms with E-state index in [9.17, 15) is 9.59 Å². The summed E-state index contributed by atoms with van der Waals surface area (Å²) in [5.41, 5.74) is 0.356. The van der Waals surface area contributed by atoms with Gasteiger partial charge in [0.1, 0.15) is 11.6 Å². The number of carbonyl (C=O) groups excluding carboxylic acids is 1. The summed E-state index contributed by atoms with van der Waals surface area (Å²) in [7, 11) is 3.88. The lowest BCUT2D eigenvalue weighted by atomic mass is 10.2. The monoisotopic (exact) mass is 490 g/mol. The normalized spacial score (nSPS) is 12.2. The number of rotatable bonds is 9. The Morgan fingerprint density at radius 1 is 1.09 bits per heavy atom. The van der Waals surface area contributed by atoms with Gasteiger partial charge in [-0.25, -0.2) is 4.98 Å². The number of ether oxygens (including phenoxy) is 1. The van der Waals surface area contributed by atoms with Gasteiger partial charge in [0.15, 0.2) is 6.61 Å². The lowest BCUT2D eigenvalue weighted by molar-refractivity contribution is -0.136. The topological polar surface area (TPSA) is 67.7 Å². The number of fused-ring (bicyclic) bond motifs is 1. The molecule has 1 unspecified atom stereocenters. The third kappa shape index (κ3) is 6.05. The number of nitrogens with zero attached hydrogens (tertiary/aromatic N) is 4. The Balaban J connectivity index is 1.94. The van der Waals surface area contributed by atoms with Crippen LogP contribution in [0.15, 0.2) is 47.3 Å². The Morgan fingerprint density at radius 3 is 2.39 bits per heavy atom. The SMILES string of the molecule is CCn1c(C(C)N(CCN(C)C)C(=O)COc2ccc(Cl)cc2)nc2cc(Cl)ccc2c1=O. The first kappa shape index (κ1) is 25.0. The third-order valence-electron chi connectivity index (χ3n) is 5.39. The van der Waals surface area contributed by atoms with Crippen LogP contribution in [0.5, 0.6) is 5.75 Å². The molecule has 0 bridgehead atoms. The molecule has 0 spiro atoms. The molecule has 1 aromatic heterocycles. The quantitative estimate of drug-likeness (QED) is 0.448. The van der Waals surface area contributed by atoms with Crippen LogP contribution in [0.4, 0.5) is 0 Å². The van der Waals surface area contributed by atoms with E-state index in [1.807, 2.05) is 32.8 Å². The predicted octanol–water partition coefficient (Wildman–Crippen LogP) is 4.25. The average Bonchev–Trinajstić information content (AvgIpc) is 2.78. The fraction of sp³-hybridized carbons (Fsp3) is 0.375. The zero-order chi connectivity index (χ0) is 24.1. The predicted molar refractivity (Wildman–Crippen MR) is 132 cm³/mol. The summed E-state index contributed by atoms with van der Waals surface area (Å²) in [4.78, 5) is 34.8. The fourth-order valence-electron chi connectivity index (χ4n) is 3.58. The fourth-order valence-corrected chi connectivity index (χ4v) is 3.87. The molecule has 176 valence electrons. The molecular weight excluding hydrogens is 463 g/mol. The van der Waals surface area contributed by atoms with Crippen LogP contribution in [0.3, 0.4) is 0 Å². The lowest BCUT2D eigenvalue weighted by Crippen LogP contribution is -2.43. The minimum absolute atomic E-state index is 0.144. The first-order chi connectivity index (χ1) is 15.7. The minimum atomic E-state index is -0.456. The molecule has 0 aliphatic rings. The Hall–Kier alpha value is -2.61. The third-order valence-corrected chi connectivity index (χ3v) is 5.88. The van der Waals surface area contributed by atoms with E-state index in [0.29, 0.717) is 52.2 Å². The number of likely N-dealkylation sites (N-methyl/N-ethyl adjacent to an activating group) is 1. The molecule has 9 heteroatoms. The number of carbonyl (C=O) groups is 1. The maximum atomic E-state index is 13.2. The zero-order valence-electron chi connectivity index (χ0n) is 19.2. The van der Waals surface area contributed by atoms with Crippen molar-refractivity contribution in [3.05, 3.63) is 68.7 Å². The number of benzene rings is 2. The van der Waals surface area contributed by atoms with Crippen molar-refractivity contribution in [1.82, 2.24) is 19.4 Å². The molecule has 0 N–H and O–H groups in total. The highest BCUT2D eigenvalue weighted by atomic mass is 35.5. The van der Waals surface area contributed by atoms with Gasteiger partial charge in [-0.3, -0.25) is 14.2 Å². The largest absolute Gasteiger partial charge is 0.484 e. The van der Waals surface area contributed by atoms with E-state index in [0.717, 1.165) is 0 Å². The second kappa shape index (κ2) is 11.0. The van der Waals surface area contributed by atoms with Gasteiger partial charge in [0.25, 0.3) is 11.5 Å². The van der Waals surface area contributed by atoms with E-state index in [1.54, 1.807) is 51.9 Å². The van der Waals surface area contributed by atoms with Crippen molar-refractivity contribution in [2.24, 2.45) is 0 Å². The molecule has 2 aromatic carbocycles. The first-order valence-electron chi connectivity index (χ1n) is 10.7. The van der Waals surface area contributed by atoms with Crippen LogP contribution in [-0.4, -0.2) is 59.0 Å². The summed E-state index contributed by atoms with van der Waals surface area (Å²) >= 11 is 12.1. The van der Waals surface area contributed by atoms with Gasteiger partial charge in [0, 0.05) is 29.7 Å². The second-order valence-electron chi connectivity index (χ2n) is 7.99. The molecule has 0 aliphatic carbocycles. The van der Waals surface area contributed by atoms with Gasteiger partial charge in [-0.2, -0.15) is 0 Å². The molecular formula is C24H28Cl2N4O3. The summed E-state index contributed by atoms with van der Waals surface area (Å²) < 4.78 is 7.30. The highest BCUT2D eigenvalue weighted by Gasteiger charge is 2.26. The van der Waals surface area contributed by atoms with Crippen molar-refractivity contribution in [1.29, 1.82) is 0 Å². The molecule has 3 aromatic rings. The van der Waals surface area contributed by atoms with Gasteiger partial charge in [0.2, 0.25) is 0 Å². The number of amides is 1. The Morgan fingerprint density at radius 2 is 1.76 bits per heavy atom.